The van der Waals surface area contributed by atoms with Gasteiger partial charge in [-0.05, 0) is 18.2 Å². The van der Waals surface area contributed by atoms with Gasteiger partial charge in [-0.3, -0.25) is 9.48 Å². The normalized spacial score (nSPS) is 10.0. The minimum atomic E-state index is -0.217. The van der Waals surface area contributed by atoms with Gasteiger partial charge >= 0.3 is 0 Å². The van der Waals surface area contributed by atoms with Gasteiger partial charge in [-0.2, -0.15) is 5.26 Å². The number of carbonyl (C=O) groups excluding carboxylic acids is 1. The first kappa shape index (κ1) is 13.8. The van der Waals surface area contributed by atoms with E-state index in [1.54, 1.807) is 18.2 Å². The highest BCUT2D eigenvalue weighted by Gasteiger charge is 2.07. The summed E-state index contributed by atoms with van der Waals surface area (Å²) >= 11 is 5.95. The Morgan fingerprint density at radius 3 is 3.00 bits per heavy atom. The summed E-state index contributed by atoms with van der Waals surface area (Å²) in [5, 5.41) is 15.5. The zero-order valence-electron chi connectivity index (χ0n) is 10.4. The van der Waals surface area contributed by atoms with Crippen molar-refractivity contribution in [3.63, 3.8) is 0 Å². The van der Waals surface area contributed by atoms with Gasteiger partial charge in [0.25, 0.3) is 5.82 Å². The highest BCUT2D eigenvalue weighted by molar-refractivity contribution is 6.34. The second-order valence-electron chi connectivity index (χ2n) is 3.98. The van der Waals surface area contributed by atoms with Gasteiger partial charge in [-0.25, -0.2) is 4.98 Å². The van der Waals surface area contributed by atoms with Crippen LogP contribution in [-0.2, 0) is 11.3 Å². The van der Waals surface area contributed by atoms with Gasteiger partial charge < -0.3 is 11.1 Å². The van der Waals surface area contributed by atoms with Crippen molar-refractivity contribution >= 4 is 28.9 Å². The van der Waals surface area contributed by atoms with Gasteiger partial charge in [0.05, 0.1) is 17.3 Å². The molecular formula is C12H11ClN6O. The number of nitriles is 1. The maximum Gasteiger partial charge on any atom is 0.252 e. The van der Waals surface area contributed by atoms with E-state index in [9.17, 15) is 4.79 Å². The van der Waals surface area contributed by atoms with Crippen LogP contribution in [0.4, 0.5) is 11.4 Å². The molecule has 1 heterocycles. The molecular weight excluding hydrogens is 280 g/mol. The van der Waals surface area contributed by atoms with E-state index in [1.807, 2.05) is 6.07 Å². The van der Waals surface area contributed by atoms with E-state index in [2.05, 4.69) is 15.4 Å². The number of nitrogens with two attached hydrogens (primary N) is 1. The average Bonchev–Trinajstić information content (AvgIpc) is 2.88. The van der Waals surface area contributed by atoms with E-state index in [1.165, 1.54) is 11.0 Å². The van der Waals surface area contributed by atoms with Crippen molar-refractivity contribution in [2.45, 2.75) is 13.0 Å². The topological polar surface area (TPSA) is 110 Å². The van der Waals surface area contributed by atoms with Crippen LogP contribution in [0.1, 0.15) is 12.2 Å². The molecule has 0 unspecified atom stereocenters. The highest BCUT2D eigenvalue weighted by Crippen LogP contribution is 2.24. The lowest BCUT2D eigenvalue weighted by atomic mass is 10.2. The molecule has 3 N–H and O–H groups in total. The number of hydrogen-bond donors (Lipinski definition) is 2. The van der Waals surface area contributed by atoms with Crippen molar-refractivity contribution in [1.82, 2.24) is 14.8 Å². The standard InChI is InChI=1S/C12H11ClN6O/c13-9-5-8(15)1-2-10(9)17-12(20)3-4-19-7-16-11(6-14)18-19/h1-2,5,7H,3-4,15H2,(H,17,20). The number of aryl methyl sites for hydroxylation is 1. The Bertz CT molecular complexity index is 675. The van der Waals surface area contributed by atoms with Gasteiger partial charge in [0.1, 0.15) is 12.4 Å². The molecule has 20 heavy (non-hydrogen) atoms. The maximum absolute atomic E-state index is 11.8. The average molecular weight is 291 g/mol. The van der Waals surface area contributed by atoms with Crippen molar-refractivity contribution < 1.29 is 4.79 Å². The third-order valence-electron chi connectivity index (χ3n) is 2.47. The van der Waals surface area contributed by atoms with Gasteiger partial charge in [0, 0.05) is 12.1 Å². The molecule has 1 amide bonds. The molecule has 0 saturated carbocycles. The zero-order chi connectivity index (χ0) is 14.5. The van der Waals surface area contributed by atoms with Crippen LogP contribution in [0.3, 0.4) is 0 Å². The van der Waals surface area contributed by atoms with Crippen molar-refractivity contribution in [3.8, 4) is 6.07 Å². The fourth-order valence-electron chi connectivity index (χ4n) is 1.52. The van der Waals surface area contributed by atoms with Crippen molar-refractivity contribution in [2.24, 2.45) is 0 Å². The number of carbonyl (C=O) groups is 1. The molecule has 0 saturated heterocycles. The number of rotatable bonds is 4. The van der Waals surface area contributed by atoms with Crippen LogP contribution < -0.4 is 11.1 Å². The van der Waals surface area contributed by atoms with E-state index in [-0.39, 0.29) is 18.2 Å². The predicted octanol–water partition coefficient (Wildman–Crippen LogP) is 1.41. The van der Waals surface area contributed by atoms with Crippen LogP contribution in [-0.4, -0.2) is 20.7 Å². The van der Waals surface area contributed by atoms with Crippen LogP contribution in [0.15, 0.2) is 24.5 Å². The van der Waals surface area contributed by atoms with E-state index < -0.39 is 0 Å². The molecule has 1 aromatic carbocycles. The first-order valence-electron chi connectivity index (χ1n) is 5.73. The van der Waals surface area contributed by atoms with Gasteiger partial charge in [-0.1, -0.05) is 11.6 Å². The monoisotopic (exact) mass is 290 g/mol. The minimum Gasteiger partial charge on any atom is -0.399 e. The Morgan fingerprint density at radius 1 is 1.55 bits per heavy atom. The largest absolute Gasteiger partial charge is 0.399 e. The molecule has 102 valence electrons. The van der Waals surface area contributed by atoms with E-state index in [0.29, 0.717) is 22.9 Å². The van der Waals surface area contributed by atoms with Crippen molar-refractivity contribution in [2.75, 3.05) is 11.1 Å². The van der Waals surface area contributed by atoms with Gasteiger partial charge in [0.2, 0.25) is 5.91 Å². The SMILES string of the molecule is N#Cc1ncn(CCC(=O)Nc2ccc(N)cc2Cl)n1. The number of nitrogens with one attached hydrogen (secondary N) is 1. The summed E-state index contributed by atoms with van der Waals surface area (Å²) < 4.78 is 1.43. The van der Waals surface area contributed by atoms with Crippen LogP contribution in [0, 0.1) is 11.3 Å². The van der Waals surface area contributed by atoms with Crippen LogP contribution >= 0.6 is 11.6 Å². The Kier molecular flexibility index (Phi) is 4.17. The quantitative estimate of drug-likeness (QED) is 0.827. The molecule has 2 rings (SSSR count). The van der Waals surface area contributed by atoms with Gasteiger partial charge in [-0.15, -0.1) is 5.10 Å². The van der Waals surface area contributed by atoms with Crippen LogP contribution in [0.2, 0.25) is 5.02 Å². The summed E-state index contributed by atoms with van der Waals surface area (Å²) in [6.07, 6.45) is 1.59. The molecule has 0 aliphatic rings. The summed E-state index contributed by atoms with van der Waals surface area (Å²) in [5.41, 5.74) is 6.60. The smallest absolute Gasteiger partial charge is 0.252 e. The summed E-state index contributed by atoms with van der Waals surface area (Å²) in [4.78, 5) is 15.5. The summed E-state index contributed by atoms with van der Waals surface area (Å²) in [5.74, 6) is -0.141. The Balaban J connectivity index is 1.91. The number of nitrogens with zero attached hydrogens (tertiary/aromatic N) is 4. The first-order valence-corrected chi connectivity index (χ1v) is 6.10. The second kappa shape index (κ2) is 6.04. The Labute approximate surface area is 120 Å². The molecule has 0 bridgehead atoms. The molecule has 0 atom stereocenters. The molecule has 8 heteroatoms. The number of halogens is 1. The molecule has 2 aromatic rings. The van der Waals surface area contributed by atoms with E-state index in [0.717, 1.165) is 0 Å². The van der Waals surface area contributed by atoms with E-state index >= 15 is 0 Å². The third kappa shape index (κ3) is 3.46. The molecule has 0 aliphatic carbocycles. The molecule has 0 spiro atoms. The zero-order valence-corrected chi connectivity index (χ0v) is 11.1. The maximum atomic E-state index is 11.8. The van der Waals surface area contributed by atoms with Crippen molar-refractivity contribution in [3.05, 3.63) is 35.4 Å². The Morgan fingerprint density at radius 2 is 2.35 bits per heavy atom. The second-order valence-corrected chi connectivity index (χ2v) is 4.39. The fourth-order valence-corrected chi connectivity index (χ4v) is 1.75. The van der Waals surface area contributed by atoms with Gasteiger partial charge in [0.15, 0.2) is 0 Å². The minimum absolute atomic E-state index is 0.0759. The molecule has 0 aliphatic heterocycles. The van der Waals surface area contributed by atoms with Crippen LogP contribution in [0.25, 0.3) is 0 Å². The predicted molar refractivity (Wildman–Crippen MR) is 73.8 cm³/mol. The number of anilines is 2. The first-order chi connectivity index (χ1) is 9.58. The fraction of sp³-hybridized carbons (Fsp3) is 0.167. The summed E-state index contributed by atoms with van der Waals surface area (Å²) in [6.45, 7) is 0.326. The lowest BCUT2D eigenvalue weighted by Gasteiger charge is -2.07. The third-order valence-corrected chi connectivity index (χ3v) is 2.78. The molecule has 0 fully saturated rings. The van der Waals surface area contributed by atoms with Crippen molar-refractivity contribution in [1.29, 1.82) is 5.26 Å². The molecule has 7 nitrogen and oxygen atoms in total. The lowest BCUT2D eigenvalue weighted by molar-refractivity contribution is -0.116. The molecule has 1 aromatic heterocycles. The van der Waals surface area contributed by atoms with Crippen LogP contribution in [0.5, 0.6) is 0 Å². The molecule has 0 radical (unpaired) electrons. The van der Waals surface area contributed by atoms with E-state index in [4.69, 9.17) is 22.6 Å². The Hall–Kier alpha value is -2.59. The number of amides is 1. The number of hydrogen-bond acceptors (Lipinski definition) is 5. The number of nitrogen functional groups attached to an aromatic ring is 1. The number of aromatic nitrogens is 3. The summed E-state index contributed by atoms with van der Waals surface area (Å²) in [6, 6.07) is 6.67. The highest BCUT2D eigenvalue weighted by atomic mass is 35.5. The lowest BCUT2D eigenvalue weighted by Crippen LogP contribution is -2.15. The summed E-state index contributed by atoms with van der Waals surface area (Å²) in [7, 11) is 0. The number of benzene rings is 1.